The van der Waals surface area contributed by atoms with E-state index in [9.17, 15) is 4.79 Å². The van der Waals surface area contributed by atoms with Crippen LogP contribution in [0, 0.1) is 11.8 Å². The molecule has 1 aliphatic heterocycles. The van der Waals surface area contributed by atoms with Crippen LogP contribution < -0.4 is 5.32 Å². The molecule has 0 amide bonds. The van der Waals surface area contributed by atoms with E-state index in [1.54, 1.807) is 0 Å². The zero-order chi connectivity index (χ0) is 20.3. The Morgan fingerprint density at radius 3 is 2.22 bits per heavy atom. The normalized spacial score (nSPS) is 16.5. The molecular weight excluding hydrogens is 368 g/mol. The number of carbonyl (C=O) groups excluding carboxylic acids is 1. The zero-order valence-corrected chi connectivity index (χ0v) is 17.0. The van der Waals surface area contributed by atoms with Gasteiger partial charge in [-0.3, -0.25) is 13.9 Å². The summed E-state index contributed by atoms with van der Waals surface area (Å²) in [4.78, 5) is 15.2. The van der Waals surface area contributed by atoms with Crippen LogP contribution in [-0.2, 0) is 10.4 Å². The van der Waals surface area contributed by atoms with Crippen molar-refractivity contribution in [3.8, 4) is 0 Å². The molecule has 1 heterocycles. The molecule has 1 saturated heterocycles. The lowest BCUT2D eigenvalue weighted by molar-refractivity contribution is 0.0890. The minimum Gasteiger partial charge on any atom is -0.314 e. The first kappa shape index (κ1) is 23.7. The molecule has 0 saturated carbocycles. The summed E-state index contributed by atoms with van der Waals surface area (Å²) in [6.07, 6.45) is 3.13. The minimum atomic E-state index is -4.67. The molecule has 1 fully saturated rings. The fourth-order valence-corrected chi connectivity index (χ4v) is 3.26. The number of benzene rings is 1. The third-order valence-corrected chi connectivity index (χ3v) is 4.42. The predicted octanol–water partition coefficient (Wildman–Crippen LogP) is 2.56. The Kier molecular flexibility index (Phi) is 10.7. The first-order chi connectivity index (χ1) is 12.7. The largest absolute Gasteiger partial charge is 0.394 e. The maximum Gasteiger partial charge on any atom is 0.394 e. The highest BCUT2D eigenvalue weighted by molar-refractivity contribution is 7.79. The Balaban J connectivity index is 0.000000646. The summed E-state index contributed by atoms with van der Waals surface area (Å²) >= 11 is 0. The molecule has 0 aromatic heterocycles. The molecule has 154 valence electrons. The van der Waals surface area contributed by atoms with Crippen LogP contribution in [0.25, 0.3) is 0 Å². The molecular formula is C19H32N2O5S. The van der Waals surface area contributed by atoms with Crippen LogP contribution in [-0.4, -0.2) is 60.9 Å². The molecule has 0 aliphatic carbocycles. The Hall–Kier alpha value is -1.32. The molecule has 1 aromatic carbocycles. The lowest BCUT2D eigenvalue weighted by Crippen LogP contribution is -2.43. The van der Waals surface area contributed by atoms with E-state index in [-0.39, 0.29) is 5.92 Å². The molecule has 3 N–H and O–H groups in total. The van der Waals surface area contributed by atoms with Crippen molar-refractivity contribution in [3.05, 3.63) is 35.9 Å². The first-order valence-corrected chi connectivity index (χ1v) is 10.8. The summed E-state index contributed by atoms with van der Waals surface area (Å²) in [6.45, 7) is 10.0. The SMILES string of the molecule is CC(C)CC(CCCN1CCNCC1)C(=O)c1ccccc1.O=S(=O)(O)O. The second-order valence-corrected chi connectivity index (χ2v) is 8.13. The molecule has 0 spiro atoms. The van der Waals surface area contributed by atoms with Crippen LogP contribution in [0.1, 0.15) is 43.5 Å². The smallest absolute Gasteiger partial charge is 0.314 e. The Bertz CT molecular complexity index is 635. The molecule has 1 aliphatic rings. The van der Waals surface area contributed by atoms with E-state index in [0.29, 0.717) is 11.7 Å². The lowest BCUT2D eigenvalue weighted by atomic mass is 9.86. The van der Waals surface area contributed by atoms with E-state index in [2.05, 4.69) is 24.1 Å². The first-order valence-electron chi connectivity index (χ1n) is 9.39. The fraction of sp³-hybridized carbons (Fsp3) is 0.632. The van der Waals surface area contributed by atoms with Gasteiger partial charge in [0.05, 0.1) is 0 Å². The Morgan fingerprint density at radius 1 is 1.15 bits per heavy atom. The Labute approximate surface area is 162 Å². The van der Waals surface area contributed by atoms with Gasteiger partial charge in [-0.1, -0.05) is 44.2 Å². The monoisotopic (exact) mass is 400 g/mol. The van der Waals surface area contributed by atoms with Gasteiger partial charge in [-0.2, -0.15) is 8.42 Å². The van der Waals surface area contributed by atoms with E-state index in [1.807, 2.05) is 30.3 Å². The van der Waals surface area contributed by atoms with Crippen molar-refractivity contribution in [1.29, 1.82) is 0 Å². The van der Waals surface area contributed by atoms with Crippen LogP contribution >= 0.6 is 0 Å². The minimum absolute atomic E-state index is 0.172. The highest BCUT2D eigenvalue weighted by Crippen LogP contribution is 2.22. The van der Waals surface area contributed by atoms with Crippen LogP contribution in [0.2, 0.25) is 0 Å². The summed E-state index contributed by atoms with van der Waals surface area (Å²) < 4.78 is 31.6. The molecule has 0 radical (unpaired) electrons. The summed E-state index contributed by atoms with van der Waals surface area (Å²) in [5.41, 5.74) is 0.871. The van der Waals surface area contributed by atoms with Gasteiger partial charge < -0.3 is 10.2 Å². The molecule has 2 rings (SSSR count). The third-order valence-electron chi connectivity index (χ3n) is 4.42. The number of hydrogen-bond donors (Lipinski definition) is 3. The highest BCUT2D eigenvalue weighted by atomic mass is 32.3. The van der Waals surface area contributed by atoms with Crippen LogP contribution in [0.3, 0.4) is 0 Å². The van der Waals surface area contributed by atoms with E-state index >= 15 is 0 Å². The van der Waals surface area contributed by atoms with Crippen molar-refractivity contribution in [2.24, 2.45) is 11.8 Å². The summed E-state index contributed by atoms with van der Waals surface area (Å²) in [5.74, 6) is 1.07. The van der Waals surface area contributed by atoms with Crippen LogP contribution in [0.4, 0.5) is 0 Å². The lowest BCUT2D eigenvalue weighted by Gasteiger charge is -2.27. The summed E-state index contributed by atoms with van der Waals surface area (Å²) in [6, 6.07) is 9.79. The highest BCUT2D eigenvalue weighted by Gasteiger charge is 2.21. The van der Waals surface area contributed by atoms with Crippen molar-refractivity contribution >= 4 is 16.2 Å². The molecule has 1 aromatic rings. The quantitative estimate of drug-likeness (QED) is 0.455. The van der Waals surface area contributed by atoms with Gasteiger partial charge in [-0.15, -0.1) is 0 Å². The number of ketones is 1. The van der Waals surface area contributed by atoms with Gasteiger partial charge in [-0.25, -0.2) is 0 Å². The number of piperazine rings is 1. The van der Waals surface area contributed by atoms with Gasteiger partial charge in [0.15, 0.2) is 5.78 Å². The molecule has 0 bridgehead atoms. The third kappa shape index (κ3) is 11.9. The fourth-order valence-electron chi connectivity index (χ4n) is 3.26. The van der Waals surface area contributed by atoms with Gasteiger partial charge in [0.2, 0.25) is 0 Å². The average molecular weight is 401 g/mol. The molecule has 1 atom stereocenters. The topological polar surface area (TPSA) is 107 Å². The van der Waals surface area contributed by atoms with Crippen molar-refractivity contribution in [1.82, 2.24) is 10.2 Å². The van der Waals surface area contributed by atoms with Gasteiger partial charge in [-0.05, 0) is 31.7 Å². The van der Waals surface area contributed by atoms with Crippen LogP contribution in [0.5, 0.6) is 0 Å². The van der Waals surface area contributed by atoms with E-state index in [1.165, 1.54) is 0 Å². The van der Waals surface area contributed by atoms with E-state index in [4.69, 9.17) is 17.5 Å². The van der Waals surface area contributed by atoms with Gasteiger partial charge in [0.1, 0.15) is 0 Å². The van der Waals surface area contributed by atoms with Gasteiger partial charge in [0.25, 0.3) is 0 Å². The standard InChI is InChI=1S/C19H30N2O.H2O4S/c1-16(2)15-18(19(22)17-7-4-3-5-8-17)9-6-12-21-13-10-20-11-14-21;1-5(2,3)4/h3-5,7-8,16,18,20H,6,9-15H2,1-2H3;(H2,1,2,3,4). The summed E-state index contributed by atoms with van der Waals surface area (Å²) in [7, 11) is -4.67. The Morgan fingerprint density at radius 2 is 1.70 bits per heavy atom. The van der Waals surface area contributed by atoms with E-state index < -0.39 is 10.4 Å². The van der Waals surface area contributed by atoms with Gasteiger partial charge in [0, 0.05) is 37.7 Å². The number of nitrogens with one attached hydrogen (secondary N) is 1. The zero-order valence-electron chi connectivity index (χ0n) is 16.2. The maximum absolute atomic E-state index is 12.7. The number of carbonyl (C=O) groups is 1. The predicted molar refractivity (Wildman–Crippen MR) is 106 cm³/mol. The molecule has 7 nitrogen and oxygen atoms in total. The number of rotatable bonds is 8. The van der Waals surface area contributed by atoms with Crippen molar-refractivity contribution < 1.29 is 22.3 Å². The molecule has 8 heteroatoms. The van der Waals surface area contributed by atoms with Crippen molar-refractivity contribution in [3.63, 3.8) is 0 Å². The second-order valence-electron chi connectivity index (χ2n) is 7.24. The van der Waals surface area contributed by atoms with Crippen molar-refractivity contribution in [2.75, 3.05) is 32.7 Å². The number of Topliss-reactive ketones (excluding diaryl/α,β-unsaturated/α-hetero) is 1. The summed E-state index contributed by atoms with van der Waals surface area (Å²) in [5, 5.41) is 3.38. The molecule has 27 heavy (non-hydrogen) atoms. The number of hydrogen-bond acceptors (Lipinski definition) is 5. The molecule has 1 unspecified atom stereocenters. The maximum atomic E-state index is 12.7. The van der Waals surface area contributed by atoms with E-state index in [0.717, 1.165) is 57.5 Å². The average Bonchev–Trinajstić information content (AvgIpc) is 2.60. The van der Waals surface area contributed by atoms with Gasteiger partial charge >= 0.3 is 10.4 Å². The van der Waals surface area contributed by atoms with Crippen molar-refractivity contribution in [2.45, 2.75) is 33.1 Å². The van der Waals surface area contributed by atoms with Crippen LogP contribution in [0.15, 0.2) is 30.3 Å². The number of nitrogens with zero attached hydrogens (tertiary/aromatic N) is 1. The second kappa shape index (κ2) is 12.2.